The van der Waals surface area contributed by atoms with Gasteiger partial charge in [-0.25, -0.2) is 0 Å². The molecular formula is C13H27BN2O. The predicted octanol–water partition coefficient (Wildman–Crippen LogP) is 1.62. The summed E-state index contributed by atoms with van der Waals surface area (Å²) in [5, 5.41) is 3.59. The molecule has 3 N–H and O–H groups in total. The lowest BCUT2D eigenvalue weighted by Crippen LogP contribution is -2.48. The van der Waals surface area contributed by atoms with E-state index in [2.05, 4.69) is 12.2 Å². The maximum Gasteiger partial charge on any atom is 0.0653 e. The highest BCUT2D eigenvalue weighted by molar-refractivity contribution is 6.08. The molecule has 2 unspecified atom stereocenters. The molecule has 1 rings (SSSR count). The highest BCUT2D eigenvalue weighted by Crippen LogP contribution is 2.13. The molecule has 17 heavy (non-hydrogen) atoms. The van der Waals surface area contributed by atoms with Crippen LogP contribution in [0.4, 0.5) is 0 Å². The zero-order chi connectivity index (χ0) is 12.6. The minimum atomic E-state index is -0.109. The first-order valence-electron chi connectivity index (χ1n) is 6.94. The molecule has 0 aliphatic carbocycles. The molecule has 1 aliphatic heterocycles. The Morgan fingerprint density at radius 2 is 2.18 bits per heavy atom. The first kappa shape index (κ1) is 15.0. The third-order valence-electron chi connectivity index (χ3n) is 3.45. The molecule has 0 bridgehead atoms. The van der Waals surface area contributed by atoms with Crippen molar-refractivity contribution in [1.82, 2.24) is 5.32 Å². The highest BCUT2D eigenvalue weighted by atomic mass is 16.5. The van der Waals surface area contributed by atoms with Gasteiger partial charge in [-0.2, -0.15) is 0 Å². The van der Waals surface area contributed by atoms with Crippen LogP contribution in [-0.2, 0) is 4.74 Å². The Morgan fingerprint density at radius 1 is 1.35 bits per heavy atom. The summed E-state index contributed by atoms with van der Waals surface area (Å²) in [7, 11) is 5.50. The lowest BCUT2D eigenvalue weighted by atomic mass is 9.91. The van der Waals surface area contributed by atoms with E-state index in [0.717, 1.165) is 58.2 Å². The van der Waals surface area contributed by atoms with Gasteiger partial charge in [-0.1, -0.05) is 19.2 Å². The number of rotatable bonds is 7. The van der Waals surface area contributed by atoms with E-state index >= 15 is 0 Å². The van der Waals surface area contributed by atoms with Crippen LogP contribution in [0, 0.1) is 0 Å². The van der Waals surface area contributed by atoms with Crippen molar-refractivity contribution in [3.8, 4) is 0 Å². The van der Waals surface area contributed by atoms with E-state index in [4.69, 9.17) is 18.3 Å². The third-order valence-corrected chi connectivity index (χ3v) is 3.45. The Labute approximate surface area is 107 Å². The molecule has 98 valence electrons. The first-order valence-corrected chi connectivity index (χ1v) is 6.94. The highest BCUT2D eigenvalue weighted by Gasteiger charge is 2.20. The number of hydrogen-bond acceptors (Lipinski definition) is 3. The number of unbranched alkanes of at least 4 members (excludes halogenated alkanes) is 1. The van der Waals surface area contributed by atoms with Gasteiger partial charge in [0, 0.05) is 31.3 Å². The molecule has 1 aliphatic rings. The smallest absolute Gasteiger partial charge is 0.0653 e. The number of nitrogens with two attached hydrogens (primary N) is 1. The lowest BCUT2D eigenvalue weighted by Gasteiger charge is -2.28. The second kappa shape index (κ2) is 8.12. The quantitative estimate of drug-likeness (QED) is 0.523. The summed E-state index contributed by atoms with van der Waals surface area (Å²) in [6.07, 6.45) is 7.48. The van der Waals surface area contributed by atoms with Gasteiger partial charge in [0.15, 0.2) is 0 Å². The normalized spacial score (nSPS) is 25.2. The van der Waals surface area contributed by atoms with Gasteiger partial charge >= 0.3 is 0 Å². The van der Waals surface area contributed by atoms with Gasteiger partial charge in [-0.3, -0.25) is 0 Å². The standard InChI is InChI=1S/C13H27BN2O/c1-13(15,7-2-3-8-14)11-16-12-5-4-9-17-10-6-12/h12,16H,2-11,15H2,1H3. The van der Waals surface area contributed by atoms with E-state index in [-0.39, 0.29) is 5.54 Å². The van der Waals surface area contributed by atoms with E-state index in [1.54, 1.807) is 0 Å². The van der Waals surface area contributed by atoms with Crippen LogP contribution in [0.5, 0.6) is 0 Å². The average Bonchev–Trinajstić information content (AvgIpc) is 2.55. The van der Waals surface area contributed by atoms with Crippen molar-refractivity contribution in [3.63, 3.8) is 0 Å². The Balaban J connectivity index is 2.17. The summed E-state index contributed by atoms with van der Waals surface area (Å²) >= 11 is 0. The Kier molecular flexibility index (Phi) is 7.16. The molecule has 0 aromatic heterocycles. The molecular weight excluding hydrogens is 211 g/mol. The molecule has 1 heterocycles. The lowest BCUT2D eigenvalue weighted by molar-refractivity contribution is 0.142. The average molecular weight is 238 g/mol. The molecule has 0 aromatic rings. The largest absolute Gasteiger partial charge is 0.381 e. The SMILES string of the molecule is [B]CCCCC(C)(N)CNC1CCCOCC1. The second-order valence-electron chi connectivity index (χ2n) is 5.52. The fraction of sp³-hybridized carbons (Fsp3) is 1.00. The van der Waals surface area contributed by atoms with E-state index < -0.39 is 0 Å². The molecule has 0 spiro atoms. The van der Waals surface area contributed by atoms with Crippen LogP contribution >= 0.6 is 0 Å². The van der Waals surface area contributed by atoms with Crippen molar-refractivity contribution >= 4 is 7.85 Å². The van der Waals surface area contributed by atoms with Crippen LogP contribution in [-0.4, -0.2) is 39.2 Å². The second-order valence-corrected chi connectivity index (χ2v) is 5.52. The van der Waals surface area contributed by atoms with Crippen LogP contribution in [0.1, 0.15) is 45.4 Å². The van der Waals surface area contributed by atoms with Crippen LogP contribution < -0.4 is 11.1 Å². The van der Waals surface area contributed by atoms with Gasteiger partial charge in [0.2, 0.25) is 0 Å². The fourth-order valence-corrected chi connectivity index (χ4v) is 2.25. The summed E-state index contributed by atoms with van der Waals surface area (Å²) in [5.74, 6) is 0. The topological polar surface area (TPSA) is 47.3 Å². The van der Waals surface area contributed by atoms with Crippen molar-refractivity contribution in [2.24, 2.45) is 5.73 Å². The Bertz CT molecular complexity index is 192. The molecule has 0 aromatic carbocycles. The van der Waals surface area contributed by atoms with Crippen molar-refractivity contribution in [2.75, 3.05) is 19.8 Å². The Hall–Kier alpha value is -0.0551. The summed E-state index contributed by atoms with van der Waals surface area (Å²) < 4.78 is 5.45. The summed E-state index contributed by atoms with van der Waals surface area (Å²) in [6.45, 7) is 4.81. The van der Waals surface area contributed by atoms with E-state index in [0.29, 0.717) is 6.04 Å². The molecule has 2 radical (unpaired) electrons. The molecule has 0 amide bonds. The van der Waals surface area contributed by atoms with E-state index in [1.807, 2.05) is 0 Å². The minimum Gasteiger partial charge on any atom is -0.381 e. The van der Waals surface area contributed by atoms with Gasteiger partial charge in [0.25, 0.3) is 0 Å². The molecule has 3 nitrogen and oxygen atoms in total. The summed E-state index contributed by atoms with van der Waals surface area (Å²) in [4.78, 5) is 0. The van der Waals surface area contributed by atoms with Crippen molar-refractivity contribution in [1.29, 1.82) is 0 Å². The van der Waals surface area contributed by atoms with Crippen LogP contribution in [0.3, 0.4) is 0 Å². The van der Waals surface area contributed by atoms with E-state index in [1.165, 1.54) is 6.42 Å². The summed E-state index contributed by atoms with van der Waals surface area (Å²) in [5.41, 5.74) is 6.17. The third kappa shape index (κ3) is 7.07. The monoisotopic (exact) mass is 238 g/mol. The van der Waals surface area contributed by atoms with Crippen LogP contribution in [0.2, 0.25) is 6.32 Å². The molecule has 1 saturated heterocycles. The number of ether oxygens (including phenoxy) is 1. The number of hydrogen-bond donors (Lipinski definition) is 2. The van der Waals surface area contributed by atoms with Gasteiger partial charge < -0.3 is 15.8 Å². The zero-order valence-electron chi connectivity index (χ0n) is 11.2. The molecule has 0 saturated carbocycles. The van der Waals surface area contributed by atoms with E-state index in [9.17, 15) is 0 Å². The maximum atomic E-state index is 6.28. The minimum absolute atomic E-state index is 0.109. The predicted molar refractivity (Wildman–Crippen MR) is 73.5 cm³/mol. The maximum absolute atomic E-state index is 6.28. The van der Waals surface area contributed by atoms with Crippen LogP contribution in [0.15, 0.2) is 0 Å². The molecule has 1 fully saturated rings. The van der Waals surface area contributed by atoms with Gasteiger partial charge in [0.05, 0.1) is 7.85 Å². The van der Waals surface area contributed by atoms with Gasteiger partial charge in [-0.05, 0) is 32.6 Å². The van der Waals surface area contributed by atoms with Crippen molar-refractivity contribution < 1.29 is 4.74 Å². The zero-order valence-corrected chi connectivity index (χ0v) is 11.2. The van der Waals surface area contributed by atoms with Crippen LogP contribution in [0.25, 0.3) is 0 Å². The Morgan fingerprint density at radius 3 is 2.94 bits per heavy atom. The van der Waals surface area contributed by atoms with Crippen molar-refractivity contribution in [2.45, 2.75) is 63.3 Å². The summed E-state index contributed by atoms with van der Waals surface area (Å²) in [6, 6.07) is 0.579. The molecule has 2 atom stereocenters. The first-order chi connectivity index (χ1) is 8.14. The van der Waals surface area contributed by atoms with Crippen molar-refractivity contribution in [3.05, 3.63) is 0 Å². The number of nitrogens with one attached hydrogen (secondary N) is 1. The van der Waals surface area contributed by atoms with Gasteiger partial charge in [-0.15, -0.1) is 0 Å². The molecule has 4 heteroatoms. The van der Waals surface area contributed by atoms with Gasteiger partial charge in [0.1, 0.15) is 0 Å². The fourth-order valence-electron chi connectivity index (χ4n) is 2.25.